The molecule has 3 N–H and O–H groups in total. The standard InChI is InChI=1S/C6H8N2.CH3Br/c7-8-6-4-2-1-3-5-6;1-2/h1-5,8H,7H2;1H3. The smallest absolute Gasteiger partial charge is 0.0485 e. The summed E-state index contributed by atoms with van der Waals surface area (Å²) in [7, 11) is 0. The highest BCUT2D eigenvalue weighted by Gasteiger charge is 1.78. The van der Waals surface area contributed by atoms with Gasteiger partial charge < -0.3 is 5.43 Å². The Labute approximate surface area is 69.5 Å². The Morgan fingerprint density at radius 2 is 1.70 bits per heavy atom. The first-order chi connectivity index (χ1) is 4.93. The second-order valence-corrected chi connectivity index (χ2v) is 1.51. The van der Waals surface area contributed by atoms with Gasteiger partial charge in [0.15, 0.2) is 0 Å². The van der Waals surface area contributed by atoms with Crippen molar-refractivity contribution in [3.8, 4) is 0 Å². The van der Waals surface area contributed by atoms with Crippen molar-refractivity contribution in [1.82, 2.24) is 0 Å². The number of benzene rings is 1. The van der Waals surface area contributed by atoms with Crippen molar-refractivity contribution in [3.05, 3.63) is 30.3 Å². The first-order valence-electron chi connectivity index (χ1n) is 2.83. The third kappa shape index (κ3) is 3.48. The molecule has 10 heavy (non-hydrogen) atoms. The number of nitrogen functional groups attached to an aromatic ring is 1. The van der Waals surface area contributed by atoms with Crippen molar-refractivity contribution in [2.45, 2.75) is 0 Å². The van der Waals surface area contributed by atoms with Crippen molar-refractivity contribution in [2.24, 2.45) is 5.84 Å². The van der Waals surface area contributed by atoms with E-state index < -0.39 is 0 Å². The molecule has 1 rings (SSSR count). The zero-order valence-electron chi connectivity index (χ0n) is 5.84. The topological polar surface area (TPSA) is 38.0 Å². The minimum absolute atomic E-state index is 0.938. The van der Waals surface area contributed by atoms with Crippen LogP contribution in [0.25, 0.3) is 0 Å². The van der Waals surface area contributed by atoms with Crippen LogP contribution >= 0.6 is 15.9 Å². The third-order valence-electron chi connectivity index (χ3n) is 0.940. The van der Waals surface area contributed by atoms with E-state index in [0.29, 0.717) is 0 Å². The molecule has 0 spiro atoms. The molecule has 0 bridgehead atoms. The number of hydrogen-bond donors (Lipinski definition) is 2. The lowest BCUT2D eigenvalue weighted by Crippen LogP contribution is -2.05. The van der Waals surface area contributed by atoms with Gasteiger partial charge in [0.1, 0.15) is 0 Å². The summed E-state index contributed by atoms with van der Waals surface area (Å²) < 4.78 is 0. The Morgan fingerprint density at radius 3 is 2.00 bits per heavy atom. The fourth-order valence-electron chi connectivity index (χ4n) is 0.534. The quantitative estimate of drug-likeness (QED) is 0.416. The van der Waals surface area contributed by atoms with E-state index in [1.54, 1.807) is 0 Å². The average Bonchev–Trinajstić information content (AvgIpc) is 2.10. The van der Waals surface area contributed by atoms with Gasteiger partial charge in [-0.15, -0.1) is 0 Å². The predicted molar refractivity (Wildman–Crippen MR) is 49.1 cm³/mol. The molecule has 0 atom stereocenters. The first-order valence-corrected chi connectivity index (χ1v) is 4.41. The second-order valence-electron chi connectivity index (χ2n) is 1.51. The fourth-order valence-corrected chi connectivity index (χ4v) is 0.534. The van der Waals surface area contributed by atoms with E-state index in [2.05, 4.69) is 21.4 Å². The van der Waals surface area contributed by atoms with Crippen LogP contribution in [0.5, 0.6) is 0 Å². The zero-order valence-corrected chi connectivity index (χ0v) is 7.43. The monoisotopic (exact) mass is 202 g/mol. The van der Waals surface area contributed by atoms with Crippen molar-refractivity contribution in [2.75, 3.05) is 11.3 Å². The van der Waals surface area contributed by atoms with Gasteiger partial charge >= 0.3 is 0 Å². The number of nitrogens with one attached hydrogen (secondary N) is 1. The van der Waals surface area contributed by atoms with Crippen LogP contribution < -0.4 is 11.3 Å². The van der Waals surface area contributed by atoms with Crippen LogP contribution in [0.1, 0.15) is 0 Å². The molecule has 0 heterocycles. The normalized spacial score (nSPS) is 7.50. The Morgan fingerprint density at radius 1 is 1.20 bits per heavy atom. The van der Waals surface area contributed by atoms with Crippen molar-refractivity contribution >= 4 is 21.6 Å². The molecule has 1 aromatic carbocycles. The predicted octanol–water partition coefficient (Wildman–Crippen LogP) is 1.98. The number of hydrogen-bond acceptors (Lipinski definition) is 2. The summed E-state index contributed by atoms with van der Waals surface area (Å²) in [6.45, 7) is 0. The molecule has 0 fully saturated rings. The second kappa shape index (κ2) is 6.58. The van der Waals surface area contributed by atoms with Crippen LogP contribution in [0, 0.1) is 0 Å². The first kappa shape index (κ1) is 9.46. The number of para-hydroxylation sites is 1. The molecule has 3 heteroatoms. The molecule has 0 saturated carbocycles. The summed E-state index contributed by atoms with van der Waals surface area (Å²) in [5.74, 6) is 6.91. The van der Waals surface area contributed by atoms with Gasteiger partial charge in [0, 0.05) is 5.69 Å². The van der Waals surface area contributed by atoms with Crippen LogP contribution in [-0.4, -0.2) is 5.83 Å². The molecular formula is C7H11BrN2. The van der Waals surface area contributed by atoms with E-state index in [0.717, 1.165) is 5.69 Å². The van der Waals surface area contributed by atoms with E-state index in [-0.39, 0.29) is 0 Å². The number of halogens is 1. The number of nitrogens with two attached hydrogens (primary N) is 1. The molecular weight excluding hydrogens is 192 g/mol. The number of anilines is 1. The maximum absolute atomic E-state index is 5.10. The van der Waals surface area contributed by atoms with E-state index in [4.69, 9.17) is 5.84 Å². The average molecular weight is 203 g/mol. The van der Waals surface area contributed by atoms with Gasteiger partial charge in [-0.1, -0.05) is 34.1 Å². The summed E-state index contributed by atoms with van der Waals surface area (Å²) in [6, 6.07) is 9.60. The highest BCUT2D eigenvalue weighted by Crippen LogP contribution is 2.00. The fraction of sp³-hybridized carbons (Fsp3) is 0.143. The Kier molecular flexibility index (Phi) is 6.22. The Hall–Kier alpha value is -0.540. The highest BCUT2D eigenvalue weighted by molar-refractivity contribution is 9.08. The Bertz CT molecular complexity index is 153. The number of rotatable bonds is 1. The molecule has 56 valence electrons. The summed E-state index contributed by atoms with van der Waals surface area (Å²) in [4.78, 5) is 0. The van der Waals surface area contributed by atoms with Gasteiger partial charge in [-0.2, -0.15) is 0 Å². The van der Waals surface area contributed by atoms with E-state index >= 15 is 0 Å². The largest absolute Gasteiger partial charge is 0.324 e. The van der Waals surface area contributed by atoms with Crippen LogP contribution in [0.15, 0.2) is 30.3 Å². The molecule has 1 aromatic rings. The van der Waals surface area contributed by atoms with Gasteiger partial charge in [0.05, 0.1) is 0 Å². The molecule has 0 aliphatic rings. The lowest BCUT2D eigenvalue weighted by atomic mass is 10.3. The molecule has 0 amide bonds. The van der Waals surface area contributed by atoms with Gasteiger partial charge in [0.25, 0.3) is 0 Å². The lowest BCUT2D eigenvalue weighted by molar-refractivity contribution is 1.35. The molecule has 2 nitrogen and oxygen atoms in total. The maximum atomic E-state index is 5.10. The molecule has 0 saturated heterocycles. The van der Waals surface area contributed by atoms with Crippen LogP contribution in [0.3, 0.4) is 0 Å². The van der Waals surface area contributed by atoms with E-state index in [1.807, 2.05) is 36.2 Å². The highest BCUT2D eigenvalue weighted by atomic mass is 79.9. The van der Waals surface area contributed by atoms with Gasteiger partial charge in [-0.3, -0.25) is 5.84 Å². The van der Waals surface area contributed by atoms with Gasteiger partial charge in [0.2, 0.25) is 0 Å². The van der Waals surface area contributed by atoms with Crippen LogP contribution in [0.4, 0.5) is 5.69 Å². The summed E-state index contributed by atoms with van der Waals surface area (Å²) >= 11 is 2.94. The molecule has 0 aromatic heterocycles. The SMILES string of the molecule is CBr.NNc1ccccc1. The summed E-state index contributed by atoms with van der Waals surface area (Å²) in [6.07, 6.45) is 0. The van der Waals surface area contributed by atoms with Crippen molar-refractivity contribution in [3.63, 3.8) is 0 Å². The summed E-state index contributed by atoms with van der Waals surface area (Å²) in [5.41, 5.74) is 3.46. The molecule has 0 aliphatic heterocycles. The maximum Gasteiger partial charge on any atom is 0.0485 e. The lowest BCUT2D eigenvalue weighted by Gasteiger charge is -1.94. The van der Waals surface area contributed by atoms with Gasteiger partial charge in [-0.25, -0.2) is 0 Å². The minimum Gasteiger partial charge on any atom is -0.324 e. The Balaban J connectivity index is 0.000000371. The number of hydrazine groups is 1. The minimum atomic E-state index is 0.938. The van der Waals surface area contributed by atoms with E-state index in [1.165, 1.54) is 0 Å². The zero-order chi connectivity index (χ0) is 7.82. The summed E-state index contributed by atoms with van der Waals surface area (Å²) in [5, 5.41) is 0. The van der Waals surface area contributed by atoms with E-state index in [9.17, 15) is 0 Å². The van der Waals surface area contributed by atoms with Crippen LogP contribution in [-0.2, 0) is 0 Å². The molecule has 0 unspecified atom stereocenters. The van der Waals surface area contributed by atoms with Crippen molar-refractivity contribution in [1.29, 1.82) is 0 Å². The van der Waals surface area contributed by atoms with Gasteiger partial charge in [-0.05, 0) is 18.0 Å². The number of alkyl halides is 1. The molecule has 0 aliphatic carbocycles. The third-order valence-corrected chi connectivity index (χ3v) is 0.940. The molecule has 0 radical (unpaired) electrons. The van der Waals surface area contributed by atoms with Crippen molar-refractivity contribution < 1.29 is 0 Å². The van der Waals surface area contributed by atoms with Crippen LogP contribution in [0.2, 0.25) is 0 Å².